The number of rotatable bonds is 4. The molecule has 0 fully saturated rings. The molecule has 0 radical (unpaired) electrons. The minimum absolute atomic E-state index is 0.225. The van der Waals surface area contributed by atoms with Crippen LogP contribution in [0, 0.1) is 18.7 Å². The van der Waals surface area contributed by atoms with Crippen LogP contribution >= 0.6 is 15.9 Å². The standard InChI is InChI=1S/C14H17BrFN3/c1-9(2)8-19-13(7-15)17-18-14(19)12-5-4-11(16)6-10(12)3/h4-6,9H,7-8H2,1-3H3. The second-order valence-corrected chi connectivity index (χ2v) is 5.60. The topological polar surface area (TPSA) is 30.7 Å². The van der Waals surface area contributed by atoms with Gasteiger partial charge in [0.05, 0.1) is 5.33 Å². The van der Waals surface area contributed by atoms with Gasteiger partial charge in [0, 0.05) is 12.1 Å². The van der Waals surface area contributed by atoms with Crippen molar-refractivity contribution in [1.29, 1.82) is 0 Å². The van der Waals surface area contributed by atoms with Crippen LogP contribution in [-0.2, 0) is 11.9 Å². The van der Waals surface area contributed by atoms with E-state index in [-0.39, 0.29) is 5.82 Å². The van der Waals surface area contributed by atoms with Crippen LogP contribution in [0.3, 0.4) is 0 Å². The predicted molar refractivity (Wildman–Crippen MR) is 77.6 cm³/mol. The van der Waals surface area contributed by atoms with E-state index < -0.39 is 0 Å². The van der Waals surface area contributed by atoms with Gasteiger partial charge in [0.15, 0.2) is 5.82 Å². The highest BCUT2D eigenvalue weighted by atomic mass is 79.9. The van der Waals surface area contributed by atoms with Crippen LogP contribution in [0.1, 0.15) is 25.2 Å². The zero-order valence-corrected chi connectivity index (χ0v) is 12.9. The fourth-order valence-corrected chi connectivity index (χ4v) is 2.48. The Hall–Kier alpha value is -1.23. The van der Waals surface area contributed by atoms with Gasteiger partial charge in [0.2, 0.25) is 0 Å². The quantitative estimate of drug-likeness (QED) is 0.797. The van der Waals surface area contributed by atoms with Crippen LogP contribution in [-0.4, -0.2) is 14.8 Å². The summed E-state index contributed by atoms with van der Waals surface area (Å²) in [7, 11) is 0. The van der Waals surface area contributed by atoms with Crippen molar-refractivity contribution in [3.05, 3.63) is 35.4 Å². The molecule has 0 amide bonds. The number of hydrogen-bond donors (Lipinski definition) is 0. The summed E-state index contributed by atoms with van der Waals surface area (Å²) in [4.78, 5) is 0. The molecule has 5 heteroatoms. The Balaban J connectivity index is 2.52. The number of aryl methyl sites for hydroxylation is 1. The molecule has 0 saturated carbocycles. The van der Waals surface area contributed by atoms with Crippen LogP contribution in [0.2, 0.25) is 0 Å². The van der Waals surface area contributed by atoms with Crippen molar-refractivity contribution in [2.45, 2.75) is 32.6 Å². The maximum absolute atomic E-state index is 13.2. The Labute approximate surface area is 121 Å². The smallest absolute Gasteiger partial charge is 0.164 e. The Bertz CT molecular complexity index is 578. The van der Waals surface area contributed by atoms with Gasteiger partial charge in [-0.25, -0.2) is 4.39 Å². The molecule has 2 rings (SSSR count). The minimum Gasteiger partial charge on any atom is -0.310 e. The largest absolute Gasteiger partial charge is 0.310 e. The molecule has 0 atom stereocenters. The first kappa shape index (κ1) is 14.2. The van der Waals surface area contributed by atoms with E-state index in [1.165, 1.54) is 12.1 Å². The molecule has 0 aliphatic rings. The van der Waals surface area contributed by atoms with E-state index in [0.29, 0.717) is 11.2 Å². The molecule has 2 aromatic rings. The molecule has 0 spiro atoms. The third-order valence-electron chi connectivity index (χ3n) is 2.92. The SMILES string of the molecule is Cc1cc(F)ccc1-c1nnc(CBr)n1CC(C)C. The molecular weight excluding hydrogens is 309 g/mol. The summed E-state index contributed by atoms with van der Waals surface area (Å²) in [5, 5.41) is 9.12. The molecule has 0 unspecified atom stereocenters. The normalized spacial score (nSPS) is 11.3. The highest BCUT2D eigenvalue weighted by molar-refractivity contribution is 9.08. The maximum Gasteiger partial charge on any atom is 0.164 e. The summed E-state index contributed by atoms with van der Waals surface area (Å²) in [6.45, 7) is 7.04. The maximum atomic E-state index is 13.2. The van der Waals surface area contributed by atoms with Crippen molar-refractivity contribution in [3.8, 4) is 11.4 Å². The summed E-state index contributed by atoms with van der Waals surface area (Å²) >= 11 is 3.43. The lowest BCUT2D eigenvalue weighted by Gasteiger charge is -2.13. The second-order valence-electron chi connectivity index (χ2n) is 5.04. The van der Waals surface area contributed by atoms with Crippen LogP contribution in [0.5, 0.6) is 0 Å². The fourth-order valence-electron chi connectivity index (χ4n) is 2.07. The fraction of sp³-hybridized carbons (Fsp3) is 0.429. The van der Waals surface area contributed by atoms with E-state index in [2.05, 4.69) is 44.5 Å². The van der Waals surface area contributed by atoms with Gasteiger partial charge in [-0.1, -0.05) is 29.8 Å². The zero-order chi connectivity index (χ0) is 14.0. The molecule has 0 N–H and O–H groups in total. The van der Waals surface area contributed by atoms with Gasteiger partial charge in [-0.2, -0.15) is 0 Å². The molecule has 19 heavy (non-hydrogen) atoms. The Morgan fingerprint density at radius 2 is 2.05 bits per heavy atom. The molecular formula is C14H17BrFN3. The van der Waals surface area contributed by atoms with Crippen LogP contribution in [0.15, 0.2) is 18.2 Å². The molecule has 0 aliphatic heterocycles. The second kappa shape index (κ2) is 5.82. The monoisotopic (exact) mass is 325 g/mol. The average molecular weight is 326 g/mol. The van der Waals surface area contributed by atoms with Gasteiger partial charge < -0.3 is 4.57 Å². The van der Waals surface area contributed by atoms with E-state index in [0.717, 1.165) is 29.3 Å². The van der Waals surface area contributed by atoms with Gasteiger partial charge in [0.1, 0.15) is 11.6 Å². The minimum atomic E-state index is -0.225. The molecule has 0 bridgehead atoms. The molecule has 1 aromatic heterocycles. The Morgan fingerprint density at radius 3 is 2.63 bits per heavy atom. The average Bonchev–Trinajstić information content (AvgIpc) is 2.71. The Morgan fingerprint density at radius 1 is 1.32 bits per heavy atom. The van der Waals surface area contributed by atoms with Crippen molar-refractivity contribution >= 4 is 15.9 Å². The summed E-state index contributed by atoms with van der Waals surface area (Å²) in [6.07, 6.45) is 0. The summed E-state index contributed by atoms with van der Waals surface area (Å²) in [5.74, 6) is 1.97. The van der Waals surface area contributed by atoms with Crippen molar-refractivity contribution in [1.82, 2.24) is 14.8 Å². The number of halogens is 2. The van der Waals surface area contributed by atoms with E-state index in [9.17, 15) is 4.39 Å². The lowest BCUT2D eigenvalue weighted by Crippen LogP contribution is -2.09. The van der Waals surface area contributed by atoms with Crippen molar-refractivity contribution < 1.29 is 4.39 Å². The van der Waals surface area contributed by atoms with E-state index >= 15 is 0 Å². The van der Waals surface area contributed by atoms with Crippen molar-refractivity contribution in [3.63, 3.8) is 0 Å². The summed E-state index contributed by atoms with van der Waals surface area (Å²) in [6, 6.07) is 4.76. The number of nitrogens with zero attached hydrogens (tertiary/aromatic N) is 3. The molecule has 102 valence electrons. The molecule has 3 nitrogen and oxygen atoms in total. The third kappa shape index (κ3) is 3.03. The van der Waals surface area contributed by atoms with E-state index in [1.807, 2.05) is 6.92 Å². The first-order valence-electron chi connectivity index (χ1n) is 6.27. The van der Waals surface area contributed by atoms with Gasteiger partial charge in [-0.15, -0.1) is 10.2 Å². The van der Waals surface area contributed by atoms with Gasteiger partial charge in [-0.3, -0.25) is 0 Å². The molecule has 1 aromatic carbocycles. The van der Waals surface area contributed by atoms with Gasteiger partial charge >= 0.3 is 0 Å². The third-order valence-corrected chi connectivity index (χ3v) is 3.43. The number of hydrogen-bond acceptors (Lipinski definition) is 2. The lowest BCUT2D eigenvalue weighted by atomic mass is 10.1. The zero-order valence-electron chi connectivity index (χ0n) is 11.3. The highest BCUT2D eigenvalue weighted by Crippen LogP contribution is 2.24. The Kier molecular flexibility index (Phi) is 4.34. The molecule has 1 heterocycles. The van der Waals surface area contributed by atoms with Crippen molar-refractivity contribution in [2.24, 2.45) is 5.92 Å². The first-order valence-corrected chi connectivity index (χ1v) is 7.39. The summed E-state index contributed by atoms with van der Waals surface area (Å²) < 4.78 is 15.3. The van der Waals surface area contributed by atoms with Crippen LogP contribution < -0.4 is 0 Å². The number of aromatic nitrogens is 3. The van der Waals surface area contributed by atoms with Crippen LogP contribution in [0.25, 0.3) is 11.4 Å². The predicted octanol–water partition coefficient (Wildman–Crippen LogP) is 3.94. The number of alkyl halides is 1. The highest BCUT2D eigenvalue weighted by Gasteiger charge is 2.15. The summed E-state index contributed by atoms with van der Waals surface area (Å²) in [5.41, 5.74) is 1.81. The molecule has 0 aliphatic carbocycles. The lowest BCUT2D eigenvalue weighted by molar-refractivity contribution is 0.516. The number of benzene rings is 1. The van der Waals surface area contributed by atoms with Gasteiger partial charge in [0.25, 0.3) is 0 Å². The molecule has 0 saturated heterocycles. The van der Waals surface area contributed by atoms with Crippen molar-refractivity contribution in [2.75, 3.05) is 0 Å². The van der Waals surface area contributed by atoms with Crippen LogP contribution in [0.4, 0.5) is 4.39 Å². The first-order chi connectivity index (χ1) is 9.02. The van der Waals surface area contributed by atoms with E-state index in [1.54, 1.807) is 6.07 Å². The van der Waals surface area contributed by atoms with E-state index in [4.69, 9.17) is 0 Å². The van der Waals surface area contributed by atoms with Gasteiger partial charge in [-0.05, 0) is 36.6 Å².